The first kappa shape index (κ1) is 23.0. The van der Waals surface area contributed by atoms with Crippen molar-refractivity contribution in [1.82, 2.24) is 5.32 Å². The van der Waals surface area contributed by atoms with Crippen molar-refractivity contribution in [3.63, 3.8) is 0 Å². The topological polar surface area (TPSA) is 119 Å². The number of likely N-dealkylation sites (N-methyl/N-ethyl adjacent to an activating group) is 1. The predicted molar refractivity (Wildman–Crippen MR) is 94.2 cm³/mol. The molecule has 1 amide bonds. The van der Waals surface area contributed by atoms with Crippen LogP contribution in [0.15, 0.2) is 23.9 Å². The third-order valence-electron chi connectivity index (χ3n) is 3.24. The van der Waals surface area contributed by atoms with Crippen molar-refractivity contribution in [2.75, 3.05) is 13.7 Å². The standard InChI is InChI=1S/C17H23N4O3.W/c1-10(20-4)9-24-16-8-14(17(18)19)6-5-13(16)7-15(11(2)22)21-12(3)23;/h5-8,10H,9H2,1-4H3,(H3,18,19)(H,21,23);/q-1;/b15-7-;. The zero-order valence-corrected chi connectivity index (χ0v) is 17.7. The maximum atomic E-state index is 11.7. The van der Waals surface area contributed by atoms with E-state index in [0.717, 1.165) is 0 Å². The molecule has 1 unspecified atom stereocenters. The van der Waals surface area contributed by atoms with Gasteiger partial charge in [-0.25, -0.2) is 0 Å². The summed E-state index contributed by atoms with van der Waals surface area (Å²) in [4.78, 5) is 22.9. The Morgan fingerprint density at radius 1 is 1.40 bits per heavy atom. The zero-order chi connectivity index (χ0) is 18.3. The van der Waals surface area contributed by atoms with Crippen LogP contribution in [0.1, 0.15) is 31.9 Å². The SMILES string of the molecule is C[N-]C(C)COc1cc(C(=N)N)ccc1/C=C(\NC(C)=O)C(C)=O.[W]. The number of amides is 1. The van der Waals surface area contributed by atoms with Gasteiger partial charge in [0.25, 0.3) is 0 Å². The number of nitrogens with zero attached hydrogens (tertiary/aromatic N) is 1. The molecule has 0 heterocycles. The molecule has 1 rings (SSSR count). The summed E-state index contributed by atoms with van der Waals surface area (Å²) in [6, 6.07) is 4.96. The Kier molecular flexibility index (Phi) is 9.94. The number of carbonyl (C=O) groups is 2. The van der Waals surface area contributed by atoms with Crippen molar-refractivity contribution in [1.29, 1.82) is 5.41 Å². The Bertz CT molecular complexity index is 674. The maximum absolute atomic E-state index is 11.7. The third kappa shape index (κ3) is 7.62. The molecule has 0 radical (unpaired) electrons. The van der Waals surface area contributed by atoms with Gasteiger partial charge in [0.15, 0.2) is 5.78 Å². The number of hydrogen-bond donors (Lipinski definition) is 3. The number of rotatable bonds is 8. The number of carbonyl (C=O) groups excluding carboxylic acids is 2. The number of benzene rings is 1. The summed E-state index contributed by atoms with van der Waals surface area (Å²) in [5.74, 6) is -0.235. The van der Waals surface area contributed by atoms with Crippen LogP contribution >= 0.6 is 0 Å². The van der Waals surface area contributed by atoms with Crippen LogP contribution in [0, 0.1) is 5.41 Å². The fourth-order valence-corrected chi connectivity index (χ4v) is 1.80. The van der Waals surface area contributed by atoms with Crippen LogP contribution in [0.4, 0.5) is 0 Å². The van der Waals surface area contributed by atoms with Crippen LogP contribution in [-0.2, 0) is 30.7 Å². The number of nitrogen functional groups attached to an aromatic ring is 1. The molecule has 0 bridgehead atoms. The normalized spacial score (nSPS) is 11.9. The largest absolute Gasteiger partial charge is 0.660 e. The van der Waals surface area contributed by atoms with E-state index in [1.165, 1.54) is 19.9 Å². The van der Waals surface area contributed by atoms with Gasteiger partial charge in [-0.1, -0.05) is 19.1 Å². The molecular formula is C17H23N4O3W-. The molecule has 8 heteroatoms. The Morgan fingerprint density at radius 2 is 2.04 bits per heavy atom. The summed E-state index contributed by atoms with van der Waals surface area (Å²) in [7, 11) is 1.70. The van der Waals surface area contributed by atoms with Gasteiger partial charge in [-0.05, 0) is 12.1 Å². The number of amidine groups is 1. The molecule has 1 aromatic rings. The van der Waals surface area contributed by atoms with E-state index in [1.54, 1.807) is 25.2 Å². The van der Waals surface area contributed by atoms with Crippen LogP contribution in [0.25, 0.3) is 11.4 Å². The smallest absolute Gasteiger partial charge is 0.221 e. The molecular weight excluding hydrogens is 492 g/mol. The second kappa shape index (κ2) is 10.8. The summed E-state index contributed by atoms with van der Waals surface area (Å²) in [5, 5.41) is 14.1. The molecule has 0 saturated carbocycles. The van der Waals surface area contributed by atoms with Crippen molar-refractivity contribution in [2.24, 2.45) is 5.73 Å². The van der Waals surface area contributed by atoms with Crippen molar-refractivity contribution in [3.8, 4) is 5.75 Å². The second-order valence-corrected chi connectivity index (χ2v) is 5.38. The molecule has 0 aliphatic rings. The number of allylic oxidation sites excluding steroid dienone is 1. The monoisotopic (exact) mass is 515 g/mol. The van der Waals surface area contributed by atoms with Crippen molar-refractivity contribution >= 4 is 23.6 Å². The quantitative estimate of drug-likeness (QED) is 0.278. The minimum atomic E-state index is -0.335. The van der Waals surface area contributed by atoms with Crippen molar-refractivity contribution < 1.29 is 35.4 Å². The summed E-state index contributed by atoms with van der Waals surface area (Å²) >= 11 is 0. The second-order valence-electron chi connectivity index (χ2n) is 5.38. The number of ketones is 1. The van der Waals surface area contributed by atoms with E-state index in [2.05, 4.69) is 10.6 Å². The summed E-state index contributed by atoms with van der Waals surface area (Å²) in [6.45, 7) is 4.94. The van der Waals surface area contributed by atoms with Gasteiger partial charge >= 0.3 is 0 Å². The fourth-order valence-electron chi connectivity index (χ4n) is 1.80. The molecule has 0 aromatic heterocycles. The summed E-state index contributed by atoms with van der Waals surface area (Å²) in [6.07, 6.45) is 1.54. The molecule has 7 nitrogen and oxygen atoms in total. The van der Waals surface area contributed by atoms with E-state index in [4.69, 9.17) is 15.9 Å². The average molecular weight is 515 g/mol. The Balaban J connectivity index is 0.00000576. The predicted octanol–water partition coefficient (Wildman–Crippen LogP) is 1.80. The van der Waals surface area contributed by atoms with Gasteiger partial charge in [0.05, 0.1) is 12.3 Å². The van der Waals surface area contributed by atoms with Gasteiger partial charge in [0.2, 0.25) is 5.91 Å². The van der Waals surface area contributed by atoms with E-state index in [-0.39, 0.29) is 50.3 Å². The third-order valence-corrected chi connectivity index (χ3v) is 3.24. The molecule has 0 aliphatic heterocycles. The molecule has 0 fully saturated rings. The molecule has 136 valence electrons. The number of Topliss-reactive ketones (excluding diaryl/α,β-unsaturated/α-hetero) is 1. The van der Waals surface area contributed by atoms with Crippen LogP contribution in [0.2, 0.25) is 0 Å². The first-order chi connectivity index (χ1) is 11.2. The Morgan fingerprint density at radius 3 is 2.52 bits per heavy atom. The van der Waals surface area contributed by atoms with Gasteiger partial charge in [-0.15, -0.1) is 6.04 Å². The van der Waals surface area contributed by atoms with Crippen LogP contribution < -0.4 is 15.8 Å². The Hall–Kier alpha value is -1.98. The van der Waals surface area contributed by atoms with E-state index < -0.39 is 0 Å². The molecule has 1 aromatic carbocycles. The van der Waals surface area contributed by atoms with Gasteiger partial charge in [-0.3, -0.25) is 15.0 Å². The van der Waals surface area contributed by atoms with E-state index in [9.17, 15) is 9.59 Å². The van der Waals surface area contributed by atoms with Gasteiger partial charge < -0.3 is 21.1 Å². The van der Waals surface area contributed by atoms with E-state index >= 15 is 0 Å². The van der Waals surface area contributed by atoms with Gasteiger partial charge in [0.1, 0.15) is 11.6 Å². The van der Waals surface area contributed by atoms with Crippen LogP contribution in [0.5, 0.6) is 5.75 Å². The minimum absolute atomic E-state index is 0. The molecule has 0 saturated heterocycles. The molecule has 1 atom stereocenters. The van der Waals surface area contributed by atoms with Gasteiger partial charge in [-0.2, -0.15) is 7.05 Å². The fraction of sp³-hybridized carbons (Fsp3) is 0.353. The number of nitrogens with one attached hydrogen (secondary N) is 2. The molecule has 0 aliphatic carbocycles. The molecule has 25 heavy (non-hydrogen) atoms. The summed E-state index contributed by atoms with van der Waals surface area (Å²) < 4.78 is 5.75. The Labute approximate surface area is 162 Å². The minimum Gasteiger partial charge on any atom is -0.660 e. The first-order valence-corrected chi connectivity index (χ1v) is 7.45. The maximum Gasteiger partial charge on any atom is 0.221 e. The van der Waals surface area contributed by atoms with Crippen LogP contribution in [0.3, 0.4) is 0 Å². The van der Waals surface area contributed by atoms with Gasteiger partial charge in [0, 0.05) is 46.0 Å². The summed E-state index contributed by atoms with van der Waals surface area (Å²) in [5.41, 5.74) is 6.78. The number of hydrogen-bond acceptors (Lipinski definition) is 4. The first-order valence-electron chi connectivity index (χ1n) is 7.45. The van der Waals surface area contributed by atoms with E-state index in [1.807, 2.05) is 6.92 Å². The van der Waals surface area contributed by atoms with Crippen molar-refractivity contribution in [3.05, 3.63) is 40.3 Å². The molecule has 4 N–H and O–H groups in total. The number of nitrogens with two attached hydrogens (primary N) is 1. The van der Waals surface area contributed by atoms with Crippen molar-refractivity contribution in [2.45, 2.75) is 26.8 Å². The molecule has 0 spiro atoms. The zero-order valence-electron chi connectivity index (χ0n) is 14.8. The van der Waals surface area contributed by atoms with Crippen LogP contribution in [-0.4, -0.2) is 37.2 Å². The van der Waals surface area contributed by atoms with E-state index in [0.29, 0.717) is 23.5 Å². The average Bonchev–Trinajstić information content (AvgIpc) is 2.51. The number of ether oxygens (including phenoxy) is 1.